The zero-order valence-corrected chi connectivity index (χ0v) is 16.0. The number of amides is 1. The van der Waals surface area contributed by atoms with Gasteiger partial charge in [0, 0.05) is 12.3 Å². The maximum Gasteiger partial charge on any atom is 0.333 e. The number of aromatic nitrogens is 2. The minimum absolute atomic E-state index is 0.245. The summed E-state index contributed by atoms with van der Waals surface area (Å²) in [6.45, 7) is 0. The molecule has 29 heavy (non-hydrogen) atoms. The third kappa shape index (κ3) is 3.98. The molecule has 9 nitrogen and oxygen atoms in total. The molecule has 0 unspecified atom stereocenters. The van der Waals surface area contributed by atoms with Crippen molar-refractivity contribution >= 4 is 11.6 Å². The summed E-state index contributed by atoms with van der Waals surface area (Å²) in [6, 6.07) is 11.2. The number of carbonyl (C=O) groups is 1. The lowest BCUT2D eigenvalue weighted by Crippen LogP contribution is -2.38. The van der Waals surface area contributed by atoms with Crippen LogP contribution in [0.15, 0.2) is 58.3 Å². The zero-order valence-electron chi connectivity index (χ0n) is 16.0. The van der Waals surface area contributed by atoms with Gasteiger partial charge in [0.05, 0.1) is 32.7 Å². The average Bonchev–Trinajstić information content (AvgIpc) is 2.74. The summed E-state index contributed by atoms with van der Waals surface area (Å²) in [5, 5.41) is 2.61. The number of hydrogen-bond donors (Lipinski definition) is 2. The first-order valence-corrected chi connectivity index (χ1v) is 8.51. The van der Waals surface area contributed by atoms with E-state index in [1.807, 2.05) is 0 Å². The summed E-state index contributed by atoms with van der Waals surface area (Å²) in [7, 11) is 4.45. The molecule has 3 rings (SSSR count). The van der Waals surface area contributed by atoms with Crippen molar-refractivity contribution in [3.8, 4) is 22.9 Å². The molecule has 9 heteroatoms. The molecule has 1 amide bonds. The van der Waals surface area contributed by atoms with Crippen LogP contribution < -0.4 is 30.8 Å². The third-order valence-electron chi connectivity index (χ3n) is 4.21. The van der Waals surface area contributed by atoms with Crippen molar-refractivity contribution in [2.45, 2.75) is 0 Å². The van der Waals surface area contributed by atoms with Gasteiger partial charge in [0.1, 0.15) is 22.8 Å². The summed E-state index contributed by atoms with van der Waals surface area (Å²) < 4.78 is 16.3. The van der Waals surface area contributed by atoms with Crippen LogP contribution in [0.25, 0.3) is 5.69 Å². The van der Waals surface area contributed by atoms with E-state index in [1.54, 1.807) is 42.5 Å². The van der Waals surface area contributed by atoms with Crippen LogP contribution in [-0.2, 0) is 0 Å². The van der Waals surface area contributed by atoms with Crippen molar-refractivity contribution in [3.05, 3.63) is 75.1 Å². The average molecular weight is 397 g/mol. The van der Waals surface area contributed by atoms with Crippen molar-refractivity contribution < 1.29 is 19.0 Å². The van der Waals surface area contributed by atoms with E-state index in [9.17, 15) is 14.4 Å². The van der Waals surface area contributed by atoms with Crippen LogP contribution in [0, 0.1) is 0 Å². The topological polar surface area (TPSA) is 112 Å². The number of nitrogens with zero attached hydrogens (tertiary/aromatic N) is 1. The first-order valence-electron chi connectivity index (χ1n) is 8.51. The lowest BCUT2D eigenvalue weighted by molar-refractivity contribution is 0.102. The van der Waals surface area contributed by atoms with Crippen LogP contribution in [0.5, 0.6) is 17.2 Å². The second kappa shape index (κ2) is 8.34. The molecule has 3 aromatic rings. The van der Waals surface area contributed by atoms with E-state index < -0.39 is 17.2 Å². The van der Waals surface area contributed by atoms with Gasteiger partial charge >= 0.3 is 5.69 Å². The van der Waals surface area contributed by atoms with Crippen molar-refractivity contribution in [2.75, 3.05) is 26.6 Å². The second-order valence-electron chi connectivity index (χ2n) is 5.87. The van der Waals surface area contributed by atoms with Gasteiger partial charge in [0.2, 0.25) is 0 Å². The molecular weight excluding hydrogens is 378 g/mol. The molecule has 0 aliphatic heterocycles. The molecule has 0 bridgehead atoms. The first kappa shape index (κ1) is 19.7. The van der Waals surface area contributed by atoms with Crippen LogP contribution >= 0.6 is 0 Å². The Balaban J connectivity index is 2.01. The highest BCUT2D eigenvalue weighted by Crippen LogP contribution is 2.29. The molecule has 0 atom stereocenters. The normalized spacial score (nSPS) is 10.3. The zero-order chi connectivity index (χ0) is 21.0. The Labute approximate surface area is 165 Å². The molecule has 0 aliphatic carbocycles. The molecule has 0 spiro atoms. The fourth-order valence-corrected chi connectivity index (χ4v) is 2.70. The van der Waals surface area contributed by atoms with Crippen LogP contribution in [0.1, 0.15) is 10.4 Å². The maximum absolute atomic E-state index is 12.8. The number of methoxy groups -OCH3 is 3. The smallest absolute Gasteiger partial charge is 0.333 e. The summed E-state index contributed by atoms with van der Waals surface area (Å²) in [5.74, 6) is 0.745. The molecule has 0 saturated carbocycles. The molecule has 0 radical (unpaired) electrons. The summed E-state index contributed by atoms with van der Waals surface area (Å²) in [4.78, 5) is 40.2. The molecule has 0 saturated heterocycles. The SMILES string of the molecule is COc1ccc(-n2c(=O)[nH]cc(C(=O)Nc3cc(OC)ccc3OC)c2=O)cc1. The standard InChI is InChI=1S/C20H19N3O6/c1-27-13-6-4-12(5-7-13)23-19(25)15(11-21-20(23)26)18(24)22-16-10-14(28-2)8-9-17(16)29-3/h4-11H,1-3H3,(H,21,26)(H,22,24). The molecule has 1 heterocycles. The van der Waals surface area contributed by atoms with Gasteiger partial charge in [-0.25, -0.2) is 9.36 Å². The number of rotatable bonds is 6. The lowest BCUT2D eigenvalue weighted by Gasteiger charge is -2.12. The first-order chi connectivity index (χ1) is 14.0. The minimum atomic E-state index is -0.765. The summed E-state index contributed by atoms with van der Waals surface area (Å²) >= 11 is 0. The van der Waals surface area contributed by atoms with Crippen LogP contribution in [0.2, 0.25) is 0 Å². The van der Waals surface area contributed by atoms with Gasteiger partial charge in [-0.2, -0.15) is 0 Å². The van der Waals surface area contributed by atoms with Gasteiger partial charge in [-0.1, -0.05) is 0 Å². The second-order valence-corrected chi connectivity index (χ2v) is 5.87. The van der Waals surface area contributed by atoms with Gasteiger partial charge in [0.25, 0.3) is 11.5 Å². The lowest BCUT2D eigenvalue weighted by atomic mass is 10.2. The highest BCUT2D eigenvalue weighted by Gasteiger charge is 2.18. The summed E-state index contributed by atoms with van der Waals surface area (Å²) in [5.41, 5.74) is -1.07. The van der Waals surface area contributed by atoms with E-state index in [0.29, 0.717) is 28.6 Å². The van der Waals surface area contributed by atoms with Gasteiger partial charge in [0.15, 0.2) is 0 Å². The summed E-state index contributed by atoms with van der Waals surface area (Å²) in [6.07, 6.45) is 1.08. The van der Waals surface area contributed by atoms with Gasteiger partial charge in [-0.15, -0.1) is 0 Å². The Morgan fingerprint density at radius 2 is 1.59 bits per heavy atom. The number of benzene rings is 2. The van der Waals surface area contributed by atoms with Crippen molar-refractivity contribution in [1.82, 2.24) is 9.55 Å². The highest BCUT2D eigenvalue weighted by molar-refractivity contribution is 6.04. The fraction of sp³-hybridized carbons (Fsp3) is 0.150. The van der Waals surface area contributed by atoms with Crippen LogP contribution in [-0.4, -0.2) is 36.8 Å². The van der Waals surface area contributed by atoms with Crippen molar-refractivity contribution in [3.63, 3.8) is 0 Å². The molecule has 150 valence electrons. The van der Waals surface area contributed by atoms with Crippen LogP contribution in [0.3, 0.4) is 0 Å². The molecule has 2 N–H and O–H groups in total. The number of hydrogen-bond acceptors (Lipinski definition) is 6. The quantitative estimate of drug-likeness (QED) is 0.656. The van der Waals surface area contributed by atoms with E-state index in [1.165, 1.54) is 21.3 Å². The third-order valence-corrected chi connectivity index (χ3v) is 4.21. The Kier molecular flexibility index (Phi) is 5.68. The van der Waals surface area contributed by atoms with E-state index in [4.69, 9.17) is 14.2 Å². The van der Waals surface area contributed by atoms with E-state index in [0.717, 1.165) is 10.8 Å². The fourth-order valence-electron chi connectivity index (χ4n) is 2.70. The molecule has 0 aliphatic rings. The molecule has 1 aromatic heterocycles. The van der Waals surface area contributed by atoms with Gasteiger partial charge in [-0.3, -0.25) is 9.59 Å². The Morgan fingerprint density at radius 1 is 0.931 bits per heavy atom. The number of aromatic amines is 1. The number of nitrogens with one attached hydrogen (secondary N) is 2. The van der Waals surface area contributed by atoms with E-state index >= 15 is 0 Å². The highest BCUT2D eigenvalue weighted by atomic mass is 16.5. The van der Waals surface area contributed by atoms with Gasteiger partial charge < -0.3 is 24.5 Å². The molecule has 2 aromatic carbocycles. The van der Waals surface area contributed by atoms with Crippen molar-refractivity contribution in [2.24, 2.45) is 0 Å². The Morgan fingerprint density at radius 3 is 2.21 bits per heavy atom. The van der Waals surface area contributed by atoms with E-state index in [-0.39, 0.29) is 5.56 Å². The Hall–Kier alpha value is -4.01. The maximum atomic E-state index is 12.8. The minimum Gasteiger partial charge on any atom is -0.497 e. The van der Waals surface area contributed by atoms with Crippen molar-refractivity contribution in [1.29, 1.82) is 0 Å². The van der Waals surface area contributed by atoms with Gasteiger partial charge in [-0.05, 0) is 36.4 Å². The number of carbonyl (C=O) groups excluding carboxylic acids is 1. The molecular formula is C20H19N3O6. The predicted octanol–water partition coefficient (Wildman–Crippen LogP) is 1.80. The van der Waals surface area contributed by atoms with Crippen LogP contribution in [0.4, 0.5) is 5.69 Å². The number of ether oxygens (including phenoxy) is 3. The number of anilines is 1. The monoisotopic (exact) mass is 397 g/mol. The largest absolute Gasteiger partial charge is 0.497 e. The molecule has 0 fully saturated rings. The number of H-pyrrole nitrogens is 1. The predicted molar refractivity (Wildman–Crippen MR) is 107 cm³/mol. The van der Waals surface area contributed by atoms with E-state index in [2.05, 4.69) is 10.3 Å². The Bertz CT molecular complexity index is 1150.